The molecule has 0 saturated carbocycles. The van der Waals surface area contributed by atoms with Crippen molar-refractivity contribution in [3.8, 4) is 5.75 Å². The first-order chi connectivity index (χ1) is 11.3. The van der Waals surface area contributed by atoms with Crippen molar-refractivity contribution in [3.63, 3.8) is 0 Å². The van der Waals surface area contributed by atoms with E-state index >= 15 is 0 Å². The highest BCUT2D eigenvalue weighted by atomic mass is 16.5. The minimum absolute atomic E-state index is 0.160. The number of carboxylic acids is 1. The lowest BCUT2D eigenvalue weighted by molar-refractivity contribution is -0.141. The number of urea groups is 1. The molecule has 1 aromatic carbocycles. The van der Waals surface area contributed by atoms with Gasteiger partial charge in [0, 0.05) is 25.7 Å². The minimum Gasteiger partial charge on any atom is -0.493 e. The third-order valence-corrected chi connectivity index (χ3v) is 3.67. The Kier molecular flexibility index (Phi) is 8.09. The van der Waals surface area contributed by atoms with Gasteiger partial charge in [0.05, 0.1) is 12.5 Å². The number of hydrogen-bond acceptors (Lipinski definition) is 3. The van der Waals surface area contributed by atoms with Gasteiger partial charge in [-0.15, -0.1) is 0 Å². The monoisotopic (exact) mass is 336 g/mol. The molecule has 0 heterocycles. The van der Waals surface area contributed by atoms with Crippen molar-refractivity contribution in [2.75, 3.05) is 20.2 Å². The molecule has 1 atom stereocenters. The average molecular weight is 336 g/mol. The first-order valence-corrected chi connectivity index (χ1v) is 8.23. The minimum atomic E-state index is -0.918. The molecule has 1 aromatic rings. The summed E-state index contributed by atoms with van der Waals surface area (Å²) >= 11 is 0. The molecule has 0 aliphatic heterocycles. The molecule has 0 aliphatic carbocycles. The van der Waals surface area contributed by atoms with Crippen molar-refractivity contribution in [2.24, 2.45) is 11.8 Å². The van der Waals surface area contributed by atoms with Crippen LogP contribution in [0.1, 0.15) is 32.8 Å². The normalized spacial score (nSPS) is 11.9. The Hall–Kier alpha value is -2.24. The van der Waals surface area contributed by atoms with E-state index in [1.807, 2.05) is 24.3 Å². The van der Waals surface area contributed by atoms with E-state index in [2.05, 4.69) is 19.2 Å². The van der Waals surface area contributed by atoms with Crippen molar-refractivity contribution in [3.05, 3.63) is 29.8 Å². The number of benzene rings is 1. The molecule has 2 amide bonds. The van der Waals surface area contributed by atoms with Crippen molar-refractivity contribution >= 4 is 12.0 Å². The summed E-state index contributed by atoms with van der Waals surface area (Å²) < 4.78 is 5.79. The molecule has 24 heavy (non-hydrogen) atoms. The predicted octanol–water partition coefficient (Wildman–Crippen LogP) is 2.97. The Morgan fingerprint density at radius 2 is 1.92 bits per heavy atom. The molecular weight excluding hydrogens is 308 g/mol. The summed E-state index contributed by atoms with van der Waals surface area (Å²) in [6, 6.07) is 7.28. The van der Waals surface area contributed by atoms with Gasteiger partial charge in [0.2, 0.25) is 0 Å². The van der Waals surface area contributed by atoms with Gasteiger partial charge in [-0.2, -0.15) is 0 Å². The van der Waals surface area contributed by atoms with E-state index in [1.54, 1.807) is 14.0 Å². The second kappa shape index (κ2) is 9.80. The zero-order chi connectivity index (χ0) is 18.1. The number of para-hydroxylation sites is 1. The maximum atomic E-state index is 12.1. The summed E-state index contributed by atoms with van der Waals surface area (Å²) in [5.41, 5.74) is 0.897. The highest BCUT2D eigenvalue weighted by Crippen LogP contribution is 2.18. The number of amides is 2. The van der Waals surface area contributed by atoms with Gasteiger partial charge >= 0.3 is 12.0 Å². The third kappa shape index (κ3) is 6.89. The van der Waals surface area contributed by atoms with Crippen LogP contribution in [0.4, 0.5) is 4.79 Å². The lowest BCUT2D eigenvalue weighted by atomic mass is 10.1. The highest BCUT2D eigenvalue weighted by Gasteiger charge is 2.17. The van der Waals surface area contributed by atoms with E-state index in [1.165, 1.54) is 4.90 Å². The summed E-state index contributed by atoms with van der Waals surface area (Å²) in [4.78, 5) is 24.3. The molecule has 134 valence electrons. The predicted molar refractivity (Wildman–Crippen MR) is 93.1 cm³/mol. The zero-order valence-electron chi connectivity index (χ0n) is 14.9. The van der Waals surface area contributed by atoms with Crippen molar-refractivity contribution in [2.45, 2.75) is 33.7 Å². The fourth-order valence-corrected chi connectivity index (χ4v) is 2.07. The van der Waals surface area contributed by atoms with Crippen LogP contribution < -0.4 is 10.1 Å². The van der Waals surface area contributed by atoms with Crippen molar-refractivity contribution in [1.29, 1.82) is 0 Å². The maximum Gasteiger partial charge on any atom is 0.317 e. The lowest BCUT2D eigenvalue weighted by Crippen LogP contribution is -2.40. The number of aliphatic carboxylic acids is 1. The standard InChI is InChI=1S/C18H28N2O4/c1-13(2)9-10-24-16-8-6-5-7-15(16)11-19-18(23)20(4)12-14(3)17(21)22/h5-8,13-14H,9-12H2,1-4H3,(H,19,23)(H,21,22). The molecule has 1 rings (SSSR count). The fourth-order valence-electron chi connectivity index (χ4n) is 2.07. The largest absolute Gasteiger partial charge is 0.493 e. The van der Waals surface area contributed by atoms with E-state index < -0.39 is 11.9 Å². The van der Waals surface area contributed by atoms with Crippen LogP contribution in [-0.2, 0) is 11.3 Å². The Morgan fingerprint density at radius 1 is 1.25 bits per heavy atom. The Balaban J connectivity index is 2.54. The zero-order valence-corrected chi connectivity index (χ0v) is 14.9. The van der Waals surface area contributed by atoms with Crippen molar-refractivity contribution in [1.82, 2.24) is 10.2 Å². The van der Waals surface area contributed by atoms with Crippen LogP contribution in [0.3, 0.4) is 0 Å². The Morgan fingerprint density at radius 3 is 2.54 bits per heavy atom. The lowest BCUT2D eigenvalue weighted by Gasteiger charge is -2.20. The van der Waals surface area contributed by atoms with Crippen LogP contribution in [0.5, 0.6) is 5.75 Å². The summed E-state index contributed by atoms with van der Waals surface area (Å²) in [7, 11) is 1.58. The number of nitrogens with one attached hydrogen (secondary N) is 1. The molecule has 6 nitrogen and oxygen atoms in total. The van der Waals surface area contributed by atoms with Crippen molar-refractivity contribution < 1.29 is 19.4 Å². The summed E-state index contributed by atoms with van der Waals surface area (Å²) in [6.07, 6.45) is 0.969. The molecule has 0 aromatic heterocycles. The molecule has 0 saturated heterocycles. The van der Waals surface area contributed by atoms with Crippen LogP contribution in [0.15, 0.2) is 24.3 Å². The summed E-state index contributed by atoms with van der Waals surface area (Å²) in [5.74, 6) is -0.187. The van der Waals surface area contributed by atoms with Gasteiger partial charge in [-0.25, -0.2) is 4.79 Å². The first-order valence-electron chi connectivity index (χ1n) is 8.23. The van der Waals surface area contributed by atoms with Gasteiger partial charge in [-0.3, -0.25) is 4.79 Å². The fraction of sp³-hybridized carbons (Fsp3) is 0.556. The molecule has 0 aliphatic rings. The van der Waals surface area contributed by atoms with Gasteiger partial charge in [-0.1, -0.05) is 39.0 Å². The second-order valence-electron chi connectivity index (χ2n) is 6.42. The van der Waals surface area contributed by atoms with Gasteiger partial charge in [0.25, 0.3) is 0 Å². The molecule has 6 heteroatoms. The number of carbonyl (C=O) groups excluding carboxylic acids is 1. The molecular formula is C18H28N2O4. The molecule has 0 radical (unpaired) electrons. The van der Waals surface area contributed by atoms with Crippen LogP contribution in [0, 0.1) is 11.8 Å². The average Bonchev–Trinajstić information content (AvgIpc) is 2.53. The number of carboxylic acid groups (broad SMARTS) is 1. The van der Waals surface area contributed by atoms with Gasteiger partial charge in [0.15, 0.2) is 0 Å². The summed E-state index contributed by atoms with van der Waals surface area (Å²) in [6.45, 7) is 6.99. The third-order valence-electron chi connectivity index (χ3n) is 3.67. The smallest absolute Gasteiger partial charge is 0.317 e. The Bertz CT molecular complexity index is 546. The number of nitrogens with zero attached hydrogens (tertiary/aromatic N) is 1. The van der Waals surface area contributed by atoms with Crippen LogP contribution in [0.25, 0.3) is 0 Å². The van der Waals surface area contributed by atoms with E-state index in [0.29, 0.717) is 19.1 Å². The maximum absolute atomic E-state index is 12.1. The molecule has 0 spiro atoms. The topological polar surface area (TPSA) is 78.9 Å². The summed E-state index contributed by atoms with van der Waals surface area (Å²) in [5, 5.41) is 11.7. The quantitative estimate of drug-likeness (QED) is 0.726. The number of rotatable bonds is 9. The van der Waals surface area contributed by atoms with Gasteiger partial charge < -0.3 is 20.1 Å². The Labute approximate surface area is 143 Å². The van der Waals surface area contributed by atoms with E-state index in [-0.39, 0.29) is 12.6 Å². The first kappa shape index (κ1) is 19.8. The van der Waals surface area contributed by atoms with E-state index in [0.717, 1.165) is 17.7 Å². The highest BCUT2D eigenvalue weighted by molar-refractivity contribution is 5.75. The van der Waals surface area contributed by atoms with Crippen LogP contribution in [-0.4, -0.2) is 42.2 Å². The van der Waals surface area contributed by atoms with E-state index in [4.69, 9.17) is 9.84 Å². The molecule has 0 fully saturated rings. The van der Waals surface area contributed by atoms with Crippen LogP contribution >= 0.6 is 0 Å². The second-order valence-corrected chi connectivity index (χ2v) is 6.42. The number of ether oxygens (including phenoxy) is 1. The number of hydrogen-bond donors (Lipinski definition) is 2. The molecule has 1 unspecified atom stereocenters. The van der Waals surface area contributed by atoms with E-state index in [9.17, 15) is 9.59 Å². The van der Waals surface area contributed by atoms with Crippen LogP contribution in [0.2, 0.25) is 0 Å². The molecule has 0 bridgehead atoms. The number of carbonyl (C=O) groups is 2. The molecule has 2 N–H and O–H groups in total. The van der Waals surface area contributed by atoms with Gasteiger partial charge in [-0.05, 0) is 18.4 Å². The van der Waals surface area contributed by atoms with Gasteiger partial charge in [0.1, 0.15) is 5.75 Å². The SMILES string of the molecule is CC(C)CCOc1ccccc1CNC(=O)N(C)CC(C)C(=O)O.